The van der Waals surface area contributed by atoms with Crippen molar-refractivity contribution in [3.63, 3.8) is 0 Å². The molecule has 2 N–H and O–H groups in total. The highest BCUT2D eigenvalue weighted by Gasteiger charge is 2.35. The molecule has 1 aromatic carbocycles. The smallest absolute Gasteiger partial charge is 0.328 e. The van der Waals surface area contributed by atoms with Crippen molar-refractivity contribution in [3.05, 3.63) is 35.9 Å². The molecule has 0 aromatic heterocycles. The fraction of sp³-hybridized carbons (Fsp3) is 0.300. The SMILES string of the molecule is CC(=O)N(C)C(c1ccccc1)P(=O)(O)O. The predicted molar refractivity (Wildman–Crippen MR) is 59.7 cm³/mol. The lowest BCUT2D eigenvalue weighted by Crippen LogP contribution is -2.29. The molecule has 0 spiro atoms. The molecule has 0 saturated carbocycles. The van der Waals surface area contributed by atoms with Crippen LogP contribution < -0.4 is 0 Å². The van der Waals surface area contributed by atoms with Gasteiger partial charge in [0.25, 0.3) is 0 Å². The summed E-state index contributed by atoms with van der Waals surface area (Å²) in [6, 6.07) is 8.26. The summed E-state index contributed by atoms with van der Waals surface area (Å²) < 4.78 is 11.4. The first kappa shape index (κ1) is 12.9. The number of nitrogens with zero attached hydrogens (tertiary/aromatic N) is 1. The predicted octanol–water partition coefficient (Wildman–Crippen LogP) is 1.34. The number of rotatable bonds is 3. The van der Waals surface area contributed by atoms with Gasteiger partial charge >= 0.3 is 7.60 Å². The maximum Gasteiger partial charge on any atom is 0.352 e. The van der Waals surface area contributed by atoms with Gasteiger partial charge in [-0.25, -0.2) is 0 Å². The van der Waals surface area contributed by atoms with Crippen LogP contribution in [0, 0.1) is 0 Å². The van der Waals surface area contributed by atoms with Crippen LogP contribution in [-0.2, 0) is 9.36 Å². The fourth-order valence-corrected chi connectivity index (χ4v) is 2.62. The monoisotopic (exact) mass is 243 g/mol. The summed E-state index contributed by atoms with van der Waals surface area (Å²) in [6.45, 7) is 1.27. The lowest BCUT2D eigenvalue weighted by Gasteiger charge is -2.28. The first-order valence-electron chi connectivity index (χ1n) is 4.67. The van der Waals surface area contributed by atoms with Gasteiger partial charge in [-0.1, -0.05) is 30.3 Å². The molecule has 0 radical (unpaired) electrons. The zero-order valence-electron chi connectivity index (χ0n) is 9.07. The van der Waals surface area contributed by atoms with E-state index in [0.717, 1.165) is 4.90 Å². The zero-order chi connectivity index (χ0) is 12.3. The third-order valence-corrected chi connectivity index (χ3v) is 3.56. The van der Waals surface area contributed by atoms with Gasteiger partial charge in [-0.15, -0.1) is 0 Å². The van der Waals surface area contributed by atoms with E-state index >= 15 is 0 Å². The number of hydrogen-bond acceptors (Lipinski definition) is 2. The van der Waals surface area contributed by atoms with Gasteiger partial charge in [0, 0.05) is 14.0 Å². The Morgan fingerprint density at radius 3 is 2.19 bits per heavy atom. The second-order valence-corrected chi connectivity index (χ2v) is 5.17. The van der Waals surface area contributed by atoms with Crippen LogP contribution in [0.1, 0.15) is 18.3 Å². The molecular weight excluding hydrogens is 229 g/mol. The second kappa shape index (κ2) is 4.78. The first-order chi connectivity index (χ1) is 7.34. The Hall–Kier alpha value is -1.16. The highest BCUT2D eigenvalue weighted by atomic mass is 31.2. The number of carbonyl (C=O) groups is 1. The molecule has 1 amide bonds. The summed E-state index contributed by atoms with van der Waals surface area (Å²) in [5.41, 5.74) is 0.425. The Morgan fingerprint density at radius 2 is 1.81 bits per heavy atom. The quantitative estimate of drug-likeness (QED) is 0.785. The number of hydrogen-bond donors (Lipinski definition) is 2. The van der Waals surface area contributed by atoms with Gasteiger partial charge in [0.2, 0.25) is 5.91 Å². The van der Waals surface area contributed by atoms with Crippen LogP contribution >= 0.6 is 7.60 Å². The molecule has 0 aliphatic heterocycles. The molecule has 88 valence electrons. The maximum absolute atomic E-state index is 11.4. The largest absolute Gasteiger partial charge is 0.352 e. The van der Waals surface area contributed by atoms with E-state index in [1.165, 1.54) is 14.0 Å². The fourth-order valence-electron chi connectivity index (χ4n) is 1.44. The van der Waals surface area contributed by atoms with Gasteiger partial charge in [0.1, 0.15) is 0 Å². The Balaban J connectivity index is 3.17. The molecule has 1 unspecified atom stereocenters. The zero-order valence-corrected chi connectivity index (χ0v) is 9.96. The van der Waals surface area contributed by atoms with E-state index in [1.54, 1.807) is 30.3 Å². The molecule has 6 heteroatoms. The Bertz CT molecular complexity index is 414. The van der Waals surface area contributed by atoms with Crippen LogP contribution in [0.15, 0.2) is 30.3 Å². The van der Waals surface area contributed by atoms with Gasteiger partial charge < -0.3 is 14.7 Å². The Labute approximate surface area is 93.9 Å². The van der Waals surface area contributed by atoms with E-state index in [9.17, 15) is 19.1 Å². The topological polar surface area (TPSA) is 77.8 Å². The molecule has 0 heterocycles. The Kier molecular flexibility index (Phi) is 3.86. The number of carbonyl (C=O) groups excluding carboxylic acids is 1. The van der Waals surface area contributed by atoms with Crippen LogP contribution in [0.2, 0.25) is 0 Å². The summed E-state index contributed by atoms with van der Waals surface area (Å²) in [6.07, 6.45) is 0. The minimum atomic E-state index is -4.40. The lowest BCUT2D eigenvalue weighted by molar-refractivity contribution is -0.128. The summed E-state index contributed by atoms with van der Waals surface area (Å²) in [4.78, 5) is 30.8. The van der Waals surface area contributed by atoms with Gasteiger partial charge in [-0.05, 0) is 5.56 Å². The summed E-state index contributed by atoms with van der Waals surface area (Å²) >= 11 is 0. The van der Waals surface area contributed by atoms with E-state index in [0.29, 0.717) is 5.56 Å². The van der Waals surface area contributed by atoms with Crippen molar-refractivity contribution in [1.29, 1.82) is 0 Å². The molecule has 0 aliphatic carbocycles. The van der Waals surface area contributed by atoms with Gasteiger partial charge in [0.05, 0.1) is 0 Å². The first-order valence-corrected chi connectivity index (χ1v) is 6.35. The minimum Gasteiger partial charge on any atom is -0.328 e. The van der Waals surface area contributed by atoms with Crippen molar-refractivity contribution in [3.8, 4) is 0 Å². The van der Waals surface area contributed by atoms with E-state index < -0.39 is 19.3 Å². The molecule has 0 aliphatic rings. The normalized spacial score (nSPS) is 13.2. The molecule has 0 saturated heterocycles. The van der Waals surface area contributed by atoms with Crippen LogP contribution in [-0.4, -0.2) is 27.6 Å². The second-order valence-electron chi connectivity index (χ2n) is 3.50. The van der Waals surface area contributed by atoms with Gasteiger partial charge in [-0.3, -0.25) is 9.36 Å². The molecule has 1 atom stereocenters. The molecule has 5 nitrogen and oxygen atoms in total. The Morgan fingerprint density at radius 1 is 1.31 bits per heavy atom. The molecule has 1 aromatic rings. The standard InChI is InChI=1S/C10H14NO4P/c1-8(12)11(2)10(16(13,14)15)9-6-4-3-5-7-9/h3-7,10H,1-2H3,(H2,13,14,15). The summed E-state index contributed by atoms with van der Waals surface area (Å²) in [7, 11) is -3.03. The third kappa shape index (κ3) is 2.92. The number of benzene rings is 1. The van der Waals surface area contributed by atoms with Crippen molar-refractivity contribution in [2.24, 2.45) is 0 Å². The van der Waals surface area contributed by atoms with Crippen LogP contribution in [0.25, 0.3) is 0 Å². The van der Waals surface area contributed by atoms with Crippen molar-refractivity contribution < 1.29 is 19.1 Å². The average molecular weight is 243 g/mol. The van der Waals surface area contributed by atoms with Crippen LogP contribution in [0.4, 0.5) is 0 Å². The molecule has 16 heavy (non-hydrogen) atoms. The lowest BCUT2D eigenvalue weighted by atomic mass is 10.2. The minimum absolute atomic E-state index is 0.392. The summed E-state index contributed by atoms with van der Waals surface area (Å²) in [5.74, 6) is -1.61. The highest BCUT2D eigenvalue weighted by molar-refractivity contribution is 7.52. The van der Waals surface area contributed by atoms with Gasteiger partial charge in [-0.2, -0.15) is 0 Å². The summed E-state index contributed by atoms with van der Waals surface area (Å²) in [5, 5.41) is 0. The molecular formula is C10H14NO4P. The van der Waals surface area contributed by atoms with Gasteiger partial charge in [0.15, 0.2) is 5.78 Å². The molecule has 1 rings (SSSR count). The van der Waals surface area contributed by atoms with Crippen molar-refractivity contribution >= 4 is 13.5 Å². The van der Waals surface area contributed by atoms with E-state index in [4.69, 9.17) is 0 Å². The molecule has 0 fully saturated rings. The van der Waals surface area contributed by atoms with Crippen LogP contribution in [0.5, 0.6) is 0 Å². The van der Waals surface area contributed by atoms with E-state index in [1.807, 2.05) is 0 Å². The van der Waals surface area contributed by atoms with E-state index in [-0.39, 0.29) is 0 Å². The van der Waals surface area contributed by atoms with Crippen molar-refractivity contribution in [1.82, 2.24) is 4.90 Å². The third-order valence-electron chi connectivity index (χ3n) is 2.28. The van der Waals surface area contributed by atoms with E-state index in [2.05, 4.69) is 0 Å². The number of amides is 1. The highest BCUT2D eigenvalue weighted by Crippen LogP contribution is 2.53. The van der Waals surface area contributed by atoms with Crippen molar-refractivity contribution in [2.45, 2.75) is 12.7 Å². The average Bonchev–Trinajstić information content (AvgIpc) is 2.17. The van der Waals surface area contributed by atoms with Crippen molar-refractivity contribution in [2.75, 3.05) is 7.05 Å². The van der Waals surface area contributed by atoms with Crippen LogP contribution in [0.3, 0.4) is 0 Å². The maximum atomic E-state index is 11.4. The molecule has 0 bridgehead atoms.